The average Bonchev–Trinajstić information content (AvgIpc) is 2.29. The number of rotatable bonds is 3. The summed E-state index contributed by atoms with van der Waals surface area (Å²) in [6.07, 6.45) is 1.92. The molecule has 2 aliphatic rings. The number of hydrogen-bond acceptors (Lipinski definition) is 3. The van der Waals surface area contributed by atoms with Crippen LogP contribution < -0.4 is 5.32 Å². The first-order valence-corrected chi connectivity index (χ1v) is 7.49. The molecule has 0 aromatic rings. The van der Waals surface area contributed by atoms with Crippen molar-refractivity contribution in [2.45, 2.75) is 71.7 Å². The first-order chi connectivity index (χ1) is 9.25. The highest BCUT2D eigenvalue weighted by atomic mass is 16.5. The van der Waals surface area contributed by atoms with Gasteiger partial charge in [-0.25, -0.2) is 0 Å². The molecule has 114 valence electrons. The van der Waals surface area contributed by atoms with Crippen molar-refractivity contribution in [3.8, 4) is 0 Å². The van der Waals surface area contributed by atoms with Crippen molar-refractivity contribution in [3.63, 3.8) is 0 Å². The van der Waals surface area contributed by atoms with Crippen LogP contribution in [0.2, 0.25) is 0 Å². The second kappa shape index (κ2) is 5.35. The zero-order valence-electron chi connectivity index (χ0n) is 13.1. The van der Waals surface area contributed by atoms with Crippen LogP contribution in [0.5, 0.6) is 0 Å². The van der Waals surface area contributed by atoms with Crippen LogP contribution >= 0.6 is 0 Å². The van der Waals surface area contributed by atoms with Gasteiger partial charge in [-0.2, -0.15) is 0 Å². The van der Waals surface area contributed by atoms with E-state index in [9.17, 15) is 9.59 Å². The summed E-state index contributed by atoms with van der Waals surface area (Å²) in [5, 5.41) is 2.86. The number of carbonyl (C=O) groups excluding carboxylic acids is 2. The van der Waals surface area contributed by atoms with E-state index in [0.29, 0.717) is 6.61 Å². The smallest absolute Gasteiger partial charge is 0.246 e. The van der Waals surface area contributed by atoms with Crippen LogP contribution in [0, 0.1) is 5.41 Å². The summed E-state index contributed by atoms with van der Waals surface area (Å²) in [4.78, 5) is 26.6. The maximum absolute atomic E-state index is 12.7. The summed E-state index contributed by atoms with van der Waals surface area (Å²) in [6.45, 7) is 10.4. The van der Waals surface area contributed by atoms with Gasteiger partial charge in [0.1, 0.15) is 12.1 Å². The van der Waals surface area contributed by atoms with Crippen LogP contribution in [-0.4, -0.2) is 47.6 Å². The Labute approximate surface area is 121 Å². The minimum Gasteiger partial charge on any atom is -0.378 e. The lowest BCUT2D eigenvalue weighted by atomic mass is 9.80. The molecule has 20 heavy (non-hydrogen) atoms. The molecule has 5 nitrogen and oxygen atoms in total. The number of nitrogens with zero attached hydrogens (tertiary/aromatic N) is 1. The van der Waals surface area contributed by atoms with E-state index in [0.717, 1.165) is 12.8 Å². The van der Waals surface area contributed by atoms with Crippen LogP contribution in [0.4, 0.5) is 0 Å². The molecular formula is C15H26N2O3. The molecule has 2 fully saturated rings. The largest absolute Gasteiger partial charge is 0.378 e. The Balaban J connectivity index is 2.10. The number of amides is 2. The zero-order valence-corrected chi connectivity index (χ0v) is 13.1. The first-order valence-electron chi connectivity index (χ1n) is 7.49. The molecule has 0 spiro atoms. The molecule has 0 radical (unpaired) electrons. The van der Waals surface area contributed by atoms with Gasteiger partial charge >= 0.3 is 0 Å². The van der Waals surface area contributed by atoms with Gasteiger partial charge in [0.15, 0.2) is 0 Å². The molecule has 0 bridgehead atoms. The van der Waals surface area contributed by atoms with Crippen molar-refractivity contribution in [1.29, 1.82) is 0 Å². The maximum Gasteiger partial charge on any atom is 0.246 e. The molecule has 1 N–H and O–H groups in total. The zero-order chi connectivity index (χ0) is 15.1. The topological polar surface area (TPSA) is 58.6 Å². The van der Waals surface area contributed by atoms with Crippen molar-refractivity contribution < 1.29 is 14.3 Å². The molecule has 1 aliphatic heterocycles. The third kappa shape index (κ3) is 2.68. The van der Waals surface area contributed by atoms with E-state index in [1.54, 1.807) is 11.8 Å². The number of carbonyl (C=O) groups is 2. The van der Waals surface area contributed by atoms with E-state index in [1.165, 1.54) is 0 Å². The van der Waals surface area contributed by atoms with Gasteiger partial charge in [0.2, 0.25) is 11.8 Å². The molecular weight excluding hydrogens is 256 g/mol. The van der Waals surface area contributed by atoms with Crippen LogP contribution in [0.3, 0.4) is 0 Å². The molecule has 1 saturated heterocycles. The second-order valence-corrected chi connectivity index (χ2v) is 6.93. The number of hydrogen-bond donors (Lipinski definition) is 1. The van der Waals surface area contributed by atoms with E-state index in [-0.39, 0.29) is 35.4 Å². The third-order valence-electron chi connectivity index (χ3n) is 4.32. The van der Waals surface area contributed by atoms with Gasteiger partial charge in [-0.3, -0.25) is 9.59 Å². The van der Waals surface area contributed by atoms with E-state index in [1.807, 2.05) is 27.7 Å². The third-order valence-corrected chi connectivity index (χ3v) is 4.32. The summed E-state index contributed by atoms with van der Waals surface area (Å²) in [5.74, 6) is -0.00562. The highest BCUT2D eigenvalue weighted by Gasteiger charge is 2.48. The predicted molar refractivity (Wildman–Crippen MR) is 76.1 cm³/mol. The minimum absolute atomic E-state index is 0.0459. The van der Waals surface area contributed by atoms with E-state index < -0.39 is 6.04 Å². The van der Waals surface area contributed by atoms with E-state index in [2.05, 4.69) is 5.32 Å². The van der Waals surface area contributed by atoms with Crippen LogP contribution in [0.15, 0.2) is 0 Å². The molecule has 1 saturated carbocycles. The van der Waals surface area contributed by atoms with E-state index >= 15 is 0 Å². The van der Waals surface area contributed by atoms with Gasteiger partial charge in [0.25, 0.3) is 0 Å². The van der Waals surface area contributed by atoms with Gasteiger partial charge in [0, 0.05) is 12.6 Å². The number of nitrogens with one attached hydrogen (secondary N) is 1. The van der Waals surface area contributed by atoms with Crippen molar-refractivity contribution >= 4 is 11.8 Å². The fourth-order valence-corrected chi connectivity index (χ4v) is 3.01. The first kappa shape index (κ1) is 15.3. The quantitative estimate of drug-likeness (QED) is 0.849. The Morgan fingerprint density at radius 3 is 2.40 bits per heavy atom. The minimum atomic E-state index is -0.433. The van der Waals surface area contributed by atoms with Gasteiger partial charge in [-0.15, -0.1) is 0 Å². The van der Waals surface area contributed by atoms with Gasteiger partial charge in [-0.05, 0) is 32.1 Å². The molecule has 2 atom stereocenters. The molecule has 1 heterocycles. The second-order valence-electron chi connectivity index (χ2n) is 6.93. The Hall–Kier alpha value is -1.10. The molecule has 2 amide bonds. The standard InChI is InChI=1S/C15H26N2O3/c1-6-20-11-7-10(8-11)17-9(2)13(18)16-12(14(17)19)15(3,4)5/h9-12H,6-8H2,1-5H3,(H,16,18). The average molecular weight is 282 g/mol. The highest BCUT2D eigenvalue weighted by molar-refractivity contribution is 5.97. The summed E-state index contributed by atoms with van der Waals surface area (Å²) in [6, 6.07) is -0.670. The van der Waals surface area contributed by atoms with Gasteiger partial charge < -0.3 is 15.0 Å². The van der Waals surface area contributed by atoms with Crippen molar-refractivity contribution in [2.24, 2.45) is 5.41 Å². The fourth-order valence-electron chi connectivity index (χ4n) is 3.01. The Morgan fingerprint density at radius 2 is 1.90 bits per heavy atom. The van der Waals surface area contributed by atoms with Crippen molar-refractivity contribution in [1.82, 2.24) is 10.2 Å². The highest BCUT2D eigenvalue weighted by Crippen LogP contribution is 2.34. The van der Waals surface area contributed by atoms with Gasteiger partial charge in [0.05, 0.1) is 6.10 Å². The van der Waals surface area contributed by atoms with Gasteiger partial charge in [-0.1, -0.05) is 20.8 Å². The Bertz CT molecular complexity index is 396. The Morgan fingerprint density at radius 1 is 1.30 bits per heavy atom. The SMILES string of the molecule is CCOC1CC(N2C(=O)C(C(C)(C)C)NC(=O)C2C)C1. The summed E-state index contributed by atoms with van der Waals surface area (Å²) >= 11 is 0. The van der Waals surface area contributed by atoms with E-state index in [4.69, 9.17) is 4.74 Å². The normalized spacial score (nSPS) is 34.8. The maximum atomic E-state index is 12.7. The Kier molecular flexibility index (Phi) is 4.09. The predicted octanol–water partition coefficient (Wildman–Crippen LogP) is 1.32. The van der Waals surface area contributed by atoms with Crippen LogP contribution in [0.25, 0.3) is 0 Å². The van der Waals surface area contributed by atoms with Crippen molar-refractivity contribution in [3.05, 3.63) is 0 Å². The number of ether oxygens (including phenoxy) is 1. The molecule has 1 aliphatic carbocycles. The van der Waals surface area contributed by atoms with Crippen LogP contribution in [0.1, 0.15) is 47.5 Å². The monoisotopic (exact) mass is 282 g/mol. The van der Waals surface area contributed by atoms with Crippen LogP contribution in [-0.2, 0) is 14.3 Å². The molecule has 0 aromatic heterocycles. The van der Waals surface area contributed by atoms with Crippen molar-refractivity contribution in [2.75, 3.05) is 6.61 Å². The molecule has 2 unspecified atom stereocenters. The lowest BCUT2D eigenvalue weighted by molar-refractivity contribution is -0.160. The summed E-state index contributed by atoms with van der Waals surface area (Å²) < 4.78 is 5.55. The molecule has 5 heteroatoms. The lowest BCUT2D eigenvalue weighted by Crippen LogP contribution is -2.69. The molecule has 2 rings (SSSR count). The summed E-state index contributed by atoms with van der Waals surface area (Å²) in [5.41, 5.74) is -0.270. The lowest BCUT2D eigenvalue weighted by Gasteiger charge is -2.50. The fraction of sp³-hybridized carbons (Fsp3) is 0.867. The summed E-state index contributed by atoms with van der Waals surface area (Å²) in [7, 11) is 0. The number of piperazine rings is 1. The molecule has 0 aromatic carbocycles.